The van der Waals surface area contributed by atoms with Gasteiger partial charge in [-0.1, -0.05) is 18.5 Å². The van der Waals surface area contributed by atoms with Gasteiger partial charge in [-0.25, -0.2) is 0 Å². The van der Waals surface area contributed by atoms with Crippen molar-refractivity contribution in [2.24, 2.45) is 0 Å². The molecule has 1 aromatic heterocycles. The molecule has 0 saturated carbocycles. The summed E-state index contributed by atoms with van der Waals surface area (Å²) in [6.07, 6.45) is 4.06. The summed E-state index contributed by atoms with van der Waals surface area (Å²) in [7, 11) is 0. The summed E-state index contributed by atoms with van der Waals surface area (Å²) in [4.78, 5) is 11.2. The van der Waals surface area contributed by atoms with E-state index >= 15 is 0 Å². The van der Waals surface area contributed by atoms with E-state index in [-0.39, 0.29) is 12.5 Å². The molecular weight excluding hydrogens is 190 g/mol. The van der Waals surface area contributed by atoms with E-state index in [0.29, 0.717) is 11.6 Å². The van der Waals surface area contributed by atoms with Crippen LogP contribution in [0.3, 0.4) is 0 Å². The molecule has 0 bridgehead atoms. The quantitative estimate of drug-likeness (QED) is 0.792. The maximum absolute atomic E-state index is 11.2. The summed E-state index contributed by atoms with van der Waals surface area (Å²) in [6.45, 7) is 2.94. The highest BCUT2D eigenvalue weighted by molar-refractivity contribution is 6.30. The lowest BCUT2D eigenvalue weighted by Crippen LogP contribution is -2.28. The molecule has 1 rings (SSSR count). The Morgan fingerprint density at radius 2 is 2.54 bits per heavy atom. The first kappa shape index (κ1) is 10.1. The number of amides is 1. The van der Waals surface area contributed by atoms with Gasteiger partial charge in [0.15, 0.2) is 0 Å². The van der Waals surface area contributed by atoms with E-state index < -0.39 is 0 Å². The van der Waals surface area contributed by atoms with Gasteiger partial charge in [0.1, 0.15) is 6.54 Å². The average Bonchev–Trinajstić information content (AvgIpc) is 2.48. The Balaban J connectivity index is 2.36. The molecule has 0 saturated heterocycles. The minimum Gasteiger partial charge on any atom is -0.355 e. The molecule has 1 heterocycles. The highest BCUT2D eigenvalue weighted by atomic mass is 35.5. The standard InChI is InChI=1S/C8H12ClN3O/c1-2-3-10-8(13)6-12-5-7(9)4-11-12/h4-5H,2-3,6H2,1H3,(H,10,13). The monoisotopic (exact) mass is 201 g/mol. The third-order valence-corrected chi connectivity index (χ3v) is 1.67. The van der Waals surface area contributed by atoms with Crippen molar-refractivity contribution in [2.75, 3.05) is 6.54 Å². The van der Waals surface area contributed by atoms with E-state index in [0.717, 1.165) is 6.42 Å². The maximum atomic E-state index is 11.2. The second kappa shape index (κ2) is 4.87. The smallest absolute Gasteiger partial charge is 0.241 e. The molecule has 0 spiro atoms. The SMILES string of the molecule is CCCNC(=O)Cn1cc(Cl)cn1. The predicted molar refractivity (Wildman–Crippen MR) is 50.5 cm³/mol. The molecule has 13 heavy (non-hydrogen) atoms. The molecule has 0 radical (unpaired) electrons. The Hall–Kier alpha value is -1.03. The third-order valence-electron chi connectivity index (χ3n) is 1.48. The van der Waals surface area contributed by atoms with Gasteiger partial charge < -0.3 is 5.32 Å². The van der Waals surface area contributed by atoms with Crippen molar-refractivity contribution in [1.82, 2.24) is 15.1 Å². The van der Waals surface area contributed by atoms with Gasteiger partial charge >= 0.3 is 0 Å². The predicted octanol–water partition coefficient (Wildman–Crippen LogP) is 1.06. The molecule has 5 heteroatoms. The largest absolute Gasteiger partial charge is 0.355 e. The van der Waals surface area contributed by atoms with Crippen molar-refractivity contribution < 1.29 is 4.79 Å². The number of rotatable bonds is 4. The van der Waals surface area contributed by atoms with Crippen LogP contribution >= 0.6 is 11.6 Å². The Labute approximate surface area is 81.9 Å². The molecule has 1 aromatic rings. The topological polar surface area (TPSA) is 46.9 Å². The first-order valence-electron chi connectivity index (χ1n) is 4.17. The number of carbonyl (C=O) groups excluding carboxylic acids is 1. The molecule has 72 valence electrons. The zero-order chi connectivity index (χ0) is 9.68. The summed E-state index contributed by atoms with van der Waals surface area (Å²) in [6, 6.07) is 0. The maximum Gasteiger partial charge on any atom is 0.241 e. The number of hydrogen-bond donors (Lipinski definition) is 1. The van der Waals surface area contributed by atoms with Gasteiger partial charge in [0.2, 0.25) is 5.91 Å². The lowest BCUT2D eigenvalue weighted by Gasteiger charge is -2.02. The van der Waals surface area contributed by atoms with Gasteiger partial charge in [-0.3, -0.25) is 9.48 Å². The number of carbonyl (C=O) groups is 1. The van der Waals surface area contributed by atoms with E-state index in [4.69, 9.17) is 11.6 Å². The zero-order valence-corrected chi connectivity index (χ0v) is 8.21. The van der Waals surface area contributed by atoms with E-state index in [1.165, 1.54) is 10.9 Å². The van der Waals surface area contributed by atoms with Crippen molar-refractivity contribution in [3.05, 3.63) is 17.4 Å². The van der Waals surface area contributed by atoms with Crippen molar-refractivity contribution in [2.45, 2.75) is 19.9 Å². The fourth-order valence-corrected chi connectivity index (χ4v) is 1.05. The fourth-order valence-electron chi connectivity index (χ4n) is 0.892. The van der Waals surface area contributed by atoms with Crippen LogP contribution in [0.1, 0.15) is 13.3 Å². The molecule has 0 fully saturated rings. The van der Waals surface area contributed by atoms with Gasteiger partial charge in [-0.2, -0.15) is 5.10 Å². The number of aromatic nitrogens is 2. The molecule has 1 amide bonds. The fraction of sp³-hybridized carbons (Fsp3) is 0.500. The Morgan fingerprint density at radius 1 is 1.77 bits per heavy atom. The molecule has 1 N–H and O–H groups in total. The Morgan fingerprint density at radius 3 is 3.08 bits per heavy atom. The van der Waals surface area contributed by atoms with Crippen LogP contribution in [-0.2, 0) is 11.3 Å². The minimum absolute atomic E-state index is 0.0402. The summed E-state index contributed by atoms with van der Waals surface area (Å²) < 4.78 is 1.51. The van der Waals surface area contributed by atoms with Gasteiger partial charge in [-0.15, -0.1) is 0 Å². The molecule has 0 aliphatic carbocycles. The van der Waals surface area contributed by atoms with E-state index in [1.807, 2.05) is 6.92 Å². The van der Waals surface area contributed by atoms with Crippen molar-refractivity contribution in [1.29, 1.82) is 0 Å². The summed E-state index contributed by atoms with van der Waals surface area (Å²) >= 11 is 5.63. The second-order valence-corrected chi connectivity index (χ2v) is 3.14. The van der Waals surface area contributed by atoms with Crippen LogP contribution in [0, 0.1) is 0 Å². The second-order valence-electron chi connectivity index (χ2n) is 2.71. The Kier molecular flexibility index (Phi) is 3.76. The molecule has 0 aliphatic heterocycles. The van der Waals surface area contributed by atoms with Crippen molar-refractivity contribution in [3.8, 4) is 0 Å². The van der Waals surface area contributed by atoms with Crippen LogP contribution in [0.5, 0.6) is 0 Å². The highest BCUT2D eigenvalue weighted by Crippen LogP contribution is 2.03. The van der Waals surface area contributed by atoms with Gasteiger partial charge in [0.25, 0.3) is 0 Å². The first-order valence-corrected chi connectivity index (χ1v) is 4.55. The molecule has 0 aliphatic rings. The molecule has 0 atom stereocenters. The van der Waals surface area contributed by atoms with Crippen molar-refractivity contribution in [3.63, 3.8) is 0 Å². The molecule has 0 unspecified atom stereocenters. The average molecular weight is 202 g/mol. The minimum atomic E-state index is -0.0402. The van der Waals surface area contributed by atoms with Crippen LogP contribution in [0.4, 0.5) is 0 Å². The van der Waals surface area contributed by atoms with E-state index in [2.05, 4.69) is 10.4 Å². The number of nitrogens with one attached hydrogen (secondary N) is 1. The van der Waals surface area contributed by atoms with Gasteiger partial charge in [0.05, 0.1) is 11.2 Å². The molecule has 4 nitrogen and oxygen atoms in total. The third kappa shape index (κ3) is 3.46. The number of nitrogens with zero attached hydrogens (tertiary/aromatic N) is 2. The summed E-state index contributed by atoms with van der Waals surface area (Å²) in [5, 5.41) is 7.18. The normalized spacial score (nSPS) is 10.0. The summed E-state index contributed by atoms with van der Waals surface area (Å²) in [5.41, 5.74) is 0. The number of hydrogen-bond acceptors (Lipinski definition) is 2. The van der Waals surface area contributed by atoms with Crippen LogP contribution in [-0.4, -0.2) is 22.2 Å². The zero-order valence-electron chi connectivity index (χ0n) is 7.46. The van der Waals surface area contributed by atoms with E-state index in [1.54, 1.807) is 6.20 Å². The van der Waals surface area contributed by atoms with Gasteiger partial charge in [0, 0.05) is 12.7 Å². The van der Waals surface area contributed by atoms with Gasteiger partial charge in [-0.05, 0) is 6.42 Å². The van der Waals surface area contributed by atoms with Crippen LogP contribution in [0.15, 0.2) is 12.4 Å². The van der Waals surface area contributed by atoms with Crippen LogP contribution < -0.4 is 5.32 Å². The van der Waals surface area contributed by atoms with Crippen LogP contribution in [0.25, 0.3) is 0 Å². The van der Waals surface area contributed by atoms with Crippen molar-refractivity contribution >= 4 is 17.5 Å². The lowest BCUT2D eigenvalue weighted by atomic mass is 10.4. The first-order chi connectivity index (χ1) is 6.22. The Bertz CT molecular complexity index is 285. The van der Waals surface area contributed by atoms with E-state index in [9.17, 15) is 4.79 Å². The summed E-state index contributed by atoms with van der Waals surface area (Å²) in [5.74, 6) is -0.0402. The number of halogens is 1. The molecular formula is C8H12ClN3O. The highest BCUT2D eigenvalue weighted by Gasteiger charge is 2.02. The lowest BCUT2D eigenvalue weighted by molar-refractivity contribution is -0.121. The molecule has 0 aromatic carbocycles. The van der Waals surface area contributed by atoms with Crippen LogP contribution in [0.2, 0.25) is 5.02 Å².